The number of pyridine rings is 1. The molecule has 1 aliphatic rings. The Labute approximate surface area is 187 Å². The van der Waals surface area contributed by atoms with Crippen LogP contribution in [0.2, 0.25) is 0 Å². The number of nitrogens with one attached hydrogen (secondary N) is 2. The molecule has 3 aromatic heterocycles. The van der Waals surface area contributed by atoms with Gasteiger partial charge >= 0.3 is 0 Å². The fourth-order valence-electron chi connectivity index (χ4n) is 4.37. The molecular formula is C24H18N6OS. The number of nitrogens with two attached hydrogens (primary N) is 1. The van der Waals surface area contributed by atoms with Gasteiger partial charge in [-0.05, 0) is 28.3 Å². The van der Waals surface area contributed by atoms with Gasteiger partial charge in [-0.15, -0.1) is 11.3 Å². The topological polar surface area (TPSA) is 110 Å². The number of carbonyl (C=O) groups excluding carboxylic acids is 1. The van der Waals surface area contributed by atoms with Gasteiger partial charge in [0.1, 0.15) is 11.3 Å². The first-order valence-corrected chi connectivity index (χ1v) is 11.1. The van der Waals surface area contributed by atoms with E-state index in [-0.39, 0.29) is 18.4 Å². The number of nitrogens with zero attached hydrogens (tertiary/aromatic N) is 3. The van der Waals surface area contributed by atoms with E-state index in [1.807, 2.05) is 29.6 Å². The summed E-state index contributed by atoms with van der Waals surface area (Å²) in [6.07, 6.45) is 3.69. The van der Waals surface area contributed by atoms with Gasteiger partial charge in [0, 0.05) is 17.1 Å². The predicted molar refractivity (Wildman–Crippen MR) is 125 cm³/mol. The fourth-order valence-corrected chi connectivity index (χ4v) is 4.94. The van der Waals surface area contributed by atoms with Crippen LogP contribution in [0.25, 0.3) is 33.5 Å². The second-order valence-corrected chi connectivity index (χ2v) is 8.58. The van der Waals surface area contributed by atoms with Gasteiger partial charge in [-0.1, -0.05) is 42.5 Å². The number of hydrogen-bond acceptors (Lipinski definition) is 6. The van der Waals surface area contributed by atoms with Crippen LogP contribution in [-0.2, 0) is 11.2 Å². The highest BCUT2D eigenvalue weighted by Crippen LogP contribution is 2.47. The second kappa shape index (κ2) is 7.28. The standard InChI is InChI=1S/C24H18N6OS/c25-24-27-13(12-32-24)10-20(31)30-22-15-5-2-1-4-14(15)21-16(22)6-3-7-17(21)23-28-18-8-9-26-11-19(18)29-23/h1-9,11-12,22H,10H2,(H2,25,27)(H,28,29)(H,30,31). The zero-order valence-electron chi connectivity index (χ0n) is 16.9. The first kappa shape index (κ1) is 18.7. The van der Waals surface area contributed by atoms with Crippen molar-refractivity contribution in [1.82, 2.24) is 25.3 Å². The number of carbonyl (C=O) groups is 1. The Morgan fingerprint density at radius 2 is 1.91 bits per heavy atom. The predicted octanol–water partition coefficient (Wildman–Crippen LogP) is 4.09. The molecule has 2 aromatic carbocycles. The summed E-state index contributed by atoms with van der Waals surface area (Å²) in [4.78, 5) is 29.4. The van der Waals surface area contributed by atoms with Gasteiger partial charge in [-0.2, -0.15) is 0 Å². The first-order chi connectivity index (χ1) is 15.7. The van der Waals surface area contributed by atoms with E-state index in [2.05, 4.69) is 44.5 Å². The van der Waals surface area contributed by atoms with Crippen LogP contribution in [-0.4, -0.2) is 25.8 Å². The SMILES string of the molecule is Nc1nc(CC(=O)NC2c3ccccc3-c3c(-c4nc5cnccc5[nH]4)cccc32)cs1. The van der Waals surface area contributed by atoms with Crippen LogP contribution in [0.1, 0.15) is 22.9 Å². The molecule has 0 bridgehead atoms. The molecule has 156 valence electrons. The van der Waals surface area contributed by atoms with Crippen molar-refractivity contribution in [2.24, 2.45) is 0 Å². The average molecular weight is 439 g/mol. The zero-order chi connectivity index (χ0) is 21.7. The Morgan fingerprint density at radius 3 is 2.75 bits per heavy atom. The minimum atomic E-state index is -0.240. The maximum absolute atomic E-state index is 12.9. The maximum Gasteiger partial charge on any atom is 0.226 e. The van der Waals surface area contributed by atoms with Crippen LogP contribution in [0.4, 0.5) is 5.13 Å². The molecule has 1 unspecified atom stereocenters. The largest absolute Gasteiger partial charge is 0.375 e. The number of thiazole rings is 1. The lowest BCUT2D eigenvalue weighted by molar-refractivity contribution is -0.120. The fraction of sp³-hybridized carbons (Fsp3) is 0.0833. The number of fused-ring (bicyclic) bond motifs is 4. The molecule has 0 fully saturated rings. The van der Waals surface area contributed by atoms with E-state index >= 15 is 0 Å². The van der Waals surface area contributed by atoms with Gasteiger partial charge in [-0.25, -0.2) is 9.97 Å². The Morgan fingerprint density at radius 1 is 1.06 bits per heavy atom. The third-order valence-electron chi connectivity index (χ3n) is 5.71. The third-order valence-corrected chi connectivity index (χ3v) is 6.43. The molecule has 1 aliphatic carbocycles. The lowest BCUT2D eigenvalue weighted by Gasteiger charge is -2.16. The summed E-state index contributed by atoms with van der Waals surface area (Å²) in [7, 11) is 0. The normalized spacial score (nSPS) is 14.3. The highest BCUT2D eigenvalue weighted by Gasteiger charge is 2.32. The van der Waals surface area contributed by atoms with E-state index in [9.17, 15) is 4.79 Å². The second-order valence-electron chi connectivity index (χ2n) is 7.69. The molecule has 6 rings (SSSR count). The molecule has 1 atom stereocenters. The summed E-state index contributed by atoms with van der Waals surface area (Å²) in [6, 6.07) is 16.0. The van der Waals surface area contributed by atoms with Crippen molar-refractivity contribution < 1.29 is 4.79 Å². The van der Waals surface area contributed by atoms with E-state index in [0.29, 0.717) is 10.8 Å². The van der Waals surface area contributed by atoms with Gasteiger partial charge in [0.2, 0.25) is 5.91 Å². The van der Waals surface area contributed by atoms with Gasteiger partial charge in [-0.3, -0.25) is 9.78 Å². The maximum atomic E-state index is 12.9. The summed E-state index contributed by atoms with van der Waals surface area (Å²) >= 11 is 1.34. The van der Waals surface area contributed by atoms with E-state index in [4.69, 9.17) is 10.7 Å². The minimum Gasteiger partial charge on any atom is -0.375 e. The summed E-state index contributed by atoms with van der Waals surface area (Å²) in [5.41, 5.74) is 13.4. The summed E-state index contributed by atoms with van der Waals surface area (Å²) < 4.78 is 0. The summed E-state index contributed by atoms with van der Waals surface area (Å²) in [5.74, 6) is 0.688. The van der Waals surface area contributed by atoms with Crippen molar-refractivity contribution in [3.8, 4) is 22.5 Å². The van der Waals surface area contributed by atoms with Crippen molar-refractivity contribution >= 4 is 33.4 Å². The lowest BCUT2D eigenvalue weighted by Crippen LogP contribution is -2.29. The smallest absolute Gasteiger partial charge is 0.226 e. The Balaban J connectivity index is 1.42. The van der Waals surface area contributed by atoms with Crippen molar-refractivity contribution in [3.05, 3.63) is 83.1 Å². The molecule has 4 N–H and O–H groups in total. The number of H-pyrrole nitrogens is 1. The van der Waals surface area contributed by atoms with Crippen LogP contribution >= 0.6 is 11.3 Å². The molecule has 0 saturated heterocycles. The van der Waals surface area contributed by atoms with E-state index in [1.54, 1.807) is 12.4 Å². The quantitative estimate of drug-likeness (QED) is 0.391. The van der Waals surface area contributed by atoms with Crippen molar-refractivity contribution in [3.63, 3.8) is 0 Å². The van der Waals surface area contributed by atoms with Gasteiger partial charge in [0.05, 0.1) is 29.9 Å². The minimum absolute atomic E-state index is 0.0943. The van der Waals surface area contributed by atoms with Gasteiger partial charge in [0.15, 0.2) is 5.13 Å². The highest BCUT2D eigenvalue weighted by molar-refractivity contribution is 7.13. The number of hydrogen-bond donors (Lipinski definition) is 3. The van der Waals surface area contributed by atoms with Crippen LogP contribution < -0.4 is 11.1 Å². The zero-order valence-corrected chi connectivity index (χ0v) is 17.7. The molecule has 32 heavy (non-hydrogen) atoms. The molecule has 5 aromatic rings. The molecule has 0 radical (unpaired) electrons. The van der Waals surface area contributed by atoms with Crippen LogP contribution in [0.5, 0.6) is 0 Å². The molecule has 0 aliphatic heterocycles. The third kappa shape index (κ3) is 3.04. The van der Waals surface area contributed by atoms with Crippen molar-refractivity contribution in [2.45, 2.75) is 12.5 Å². The number of benzene rings is 2. The van der Waals surface area contributed by atoms with E-state index < -0.39 is 0 Å². The number of aromatic amines is 1. The van der Waals surface area contributed by atoms with Crippen molar-refractivity contribution in [1.29, 1.82) is 0 Å². The van der Waals surface area contributed by atoms with Crippen LogP contribution in [0, 0.1) is 0 Å². The Bertz CT molecular complexity index is 1450. The Kier molecular flexibility index (Phi) is 4.26. The number of amides is 1. The van der Waals surface area contributed by atoms with E-state index in [0.717, 1.165) is 44.7 Å². The number of rotatable bonds is 4. The average Bonchev–Trinajstić information content (AvgIpc) is 3.50. The lowest BCUT2D eigenvalue weighted by atomic mass is 9.99. The molecule has 3 heterocycles. The van der Waals surface area contributed by atoms with E-state index in [1.165, 1.54) is 11.3 Å². The van der Waals surface area contributed by atoms with Gasteiger partial charge in [0.25, 0.3) is 0 Å². The summed E-state index contributed by atoms with van der Waals surface area (Å²) in [6.45, 7) is 0. The van der Waals surface area contributed by atoms with Gasteiger partial charge < -0.3 is 16.0 Å². The summed E-state index contributed by atoms with van der Waals surface area (Å²) in [5, 5.41) is 5.49. The molecule has 0 spiro atoms. The molecule has 0 saturated carbocycles. The van der Waals surface area contributed by atoms with Crippen LogP contribution in [0.15, 0.2) is 66.3 Å². The molecule has 8 heteroatoms. The number of aromatic nitrogens is 4. The first-order valence-electron chi connectivity index (χ1n) is 10.2. The number of nitrogen functional groups attached to an aromatic ring is 1. The number of imidazole rings is 1. The Hall–Kier alpha value is -4.04. The highest BCUT2D eigenvalue weighted by atomic mass is 32.1. The molecule has 1 amide bonds. The molecule has 7 nitrogen and oxygen atoms in total. The number of anilines is 1. The molecular weight excluding hydrogens is 420 g/mol. The van der Waals surface area contributed by atoms with Crippen molar-refractivity contribution in [2.75, 3.05) is 5.73 Å². The van der Waals surface area contributed by atoms with Crippen LogP contribution in [0.3, 0.4) is 0 Å². The monoisotopic (exact) mass is 438 g/mol.